The molecule has 0 amide bonds. The molecular formula is C27H31N7O. The van der Waals surface area contributed by atoms with Gasteiger partial charge < -0.3 is 9.64 Å². The van der Waals surface area contributed by atoms with Gasteiger partial charge in [0.15, 0.2) is 0 Å². The number of nitrogens with one attached hydrogen (secondary N) is 1. The Kier molecular flexibility index (Phi) is 5.60. The van der Waals surface area contributed by atoms with E-state index in [1.807, 2.05) is 39.1 Å². The summed E-state index contributed by atoms with van der Waals surface area (Å²) in [7, 11) is 0. The van der Waals surface area contributed by atoms with E-state index < -0.39 is 0 Å². The number of ether oxygens (including phenoxy) is 1. The Hall–Kier alpha value is -3.52. The van der Waals surface area contributed by atoms with Crippen LogP contribution in [0.1, 0.15) is 42.7 Å². The molecule has 0 aliphatic carbocycles. The van der Waals surface area contributed by atoms with Crippen molar-refractivity contribution in [2.45, 2.75) is 45.8 Å². The molecule has 1 unspecified atom stereocenters. The topological polar surface area (TPSA) is 83.1 Å². The first-order chi connectivity index (χ1) is 17.1. The van der Waals surface area contributed by atoms with Gasteiger partial charge >= 0.3 is 0 Å². The van der Waals surface area contributed by atoms with Gasteiger partial charge in [0.05, 0.1) is 17.4 Å². The van der Waals surface area contributed by atoms with Crippen LogP contribution in [0, 0.1) is 13.8 Å². The average molecular weight is 470 g/mol. The summed E-state index contributed by atoms with van der Waals surface area (Å²) in [6.45, 7) is 10.6. The SMILES string of the molecule is Cc1cnnc(C)c1C(C)Oc1ccc2[nH]nc(-c3ccc(N4CCN5CCC[C@@H]5C4)nc3)c2c1. The first-order valence-corrected chi connectivity index (χ1v) is 12.5. The summed E-state index contributed by atoms with van der Waals surface area (Å²) in [6, 6.07) is 11.0. The van der Waals surface area contributed by atoms with Crippen LogP contribution >= 0.6 is 0 Å². The number of aromatic nitrogens is 5. The van der Waals surface area contributed by atoms with E-state index in [4.69, 9.17) is 9.72 Å². The Morgan fingerprint density at radius 1 is 1.09 bits per heavy atom. The highest BCUT2D eigenvalue weighted by molar-refractivity contribution is 5.93. The number of H-pyrrole nitrogens is 1. The van der Waals surface area contributed by atoms with Crippen LogP contribution < -0.4 is 9.64 Å². The summed E-state index contributed by atoms with van der Waals surface area (Å²) in [6.07, 6.45) is 6.20. The molecule has 2 fully saturated rings. The van der Waals surface area contributed by atoms with Crippen LogP contribution in [0.5, 0.6) is 5.75 Å². The molecule has 6 rings (SSSR count). The van der Waals surface area contributed by atoms with Gasteiger partial charge in [-0.15, -0.1) is 0 Å². The fourth-order valence-electron chi connectivity index (χ4n) is 5.69. The number of nitrogens with zero attached hydrogens (tertiary/aromatic N) is 6. The molecule has 180 valence electrons. The quantitative estimate of drug-likeness (QED) is 0.462. The van der Waals surface area contributed by atoms with Gasteiger partial charge in [-0.05, 0) is 76.1 Å². The summed E-state index contributed by atoms with van der Waals surface area (Å²) in [5.41, 5.74) is 5.90. The normalized spacial score (nSPS) is 19.2. The molecule has 5 heterocycles. The largest absolute Gasteiger partial charge is 0.486 e. The van der Waals surface area contributed by atoms with Gasteiger partial charge in [-0.3, -0.25) is 10.00 Å². The molecule has 3 aromatic heterocycles. The highest BCUT2D eigenvalue weighted by Crippen LogP contribution is 2.32. The summed E-state index contributed by atoms with van der Waals surface area (Å²) < 4.78 is 6.33. The van der Waals surface area contributed by atoms with Crippen LogP contribution in [-0.4, -0.2) is 62.5 Å². The van der Waals surface area contributed by atoms with Crippen LogP contribution in [-0.2, 0) is 0 Å². The molecule has 0 saturated carbocycles. The summed E-state index contributed by atoms with van der Waals surface area (Å²) in [5, 5.41) is 17.0. The van der Waals surface area contributed by atoms with Gasteiger partial charge in [-0.1, -0.05) is 0 Å². The van der Waals surface area contributed by atoms with Crippen LogP contribution in [0.4, 0.5) is 5.82 Å². The van der Waals surface area contributed by atoms with Crippen molar-refractivity contribution in [2.75, 3.05) is 31.1 Å². The Morgan fingerprint density at radius 2 is 2.00 bits per heavy atom. The molecular weight excluding hydrogens is 438 g/mol. The zero-order chi connectivity index (χ0) is 23.9. The first-order valence-electron chi connectivity index (χ1n) is 12.5. The van der Waals surface area contributed by atoms with E-state index in [0.29, 0.717) is 6.04 Å². The number of hydrogen-bond donors (Lipinski definition) is 1. The van der Waals surface area contributed by atoms with Crippen molar-refractivity contribution >= 4 is 16.7 Å². The van der Waals surface area contributed by atoms with Crippen molar-refractivity contribution in [1.82, 2.24) is 30.3 Å². The number of pyridine rings is 1. The minimum atomic E-state index is -0.139. The minimum Gasteiger partial charge on any atom is -0.486 e. The zero-order valence-corrected chi connectivity index (χ0v) is 20.5. The fourth-order valence-corrected chi connectivity index (χ4v) is 5.69. The smallest absolute Gasteiger partial charge is 0.128 e. The van der Waals surface area contributed by atoms with E-state index in [-0.39, 0.29) is 6.10 Å². The third kappa shape index (κ3) is 4.12. The van der Waals surface area contributed by atoms with E-state index in [9.17, 15) is 0 Å². The number of aromatic amines is 1. The Bertz CT molecular complexity index is 1330. The standard InChI is InChI=1S/C27H31N7O/c1-17-14-29-30-18(2)26(17)19(3)35-22-7-8-24-23(13-22)27(32-31-24)20-6-9-25(28-15-20)34-12-11-33-10-4-5-21(33)16-34/h6-9,13-15,19,21H,4-5,10-12,16H2,1-3H3,(H,31,32)/t19?,21-/m1/s1. The summed E-state index contributed by atoms with van der Waals surface area (Å²) in [5.74, 6) is 1.84. The number of rotatable bonds is 5. The second kappa shape index (κ2) is 8.92. The van der Waals surface area contributed by atoms with Gasteiger partial charge in [0, 0.05) is 48.4 Å². The van der Waals surface area contributed by atoms with Crippen molar-refractivity contribution in [1.29, 1.82) is 0 Å². The Labute approximate surface area is 205 Å². The molecule has 0 radical (unpaired) electrons. The lowest BCUT2D eigenvalue weighted by atomic mass is 10.0. The second-order valence-electron chi connectivity index (χ2n) is 9.75. The van der Waals surface area contributed by atoms with Gasteiger partial charge in [-0.25, -0.2) is 4.98 Å². The highest BCUT2D eigenvalue weighted by Gasteiger charge is 2.31. The molecule has 2 aliphatic rings. The van der Waals surface area contributed by atoms with Gasteiger partial charge in [-0.2, -0.15) is 15.3 Å². The number of piperazine rings is 1. The number of fused-ring (bicyclic) bond motifs is 2. The van der Waals surface area contributed by atoms with Gasteiger partial charge in [0.2, 0.25) is 0 Å². The first kappa shape index (κ1) is 22.0. The minimum absolute atomic E-state index is 0.139. The van der Waals surface area contributed by atoms with Crippen molar-refractivity contribution in [3.05, 3.63) is 59.5 Å². The van der Waals surface area contributed by atoms with E-state index in [1.165, 1.54) is 19.4 Å². The summed E-state index contributed by atoms with van der Waals surface area (Å²) in [4.78, 5) is 9.86. The molecule has 0 spiro atoms. The number of benzene rings is 1. The van der Waals surface area contributed by atoms with E-state index in [1.54, 1.807) is 6.20 Å². The zero-order valence-electron chi connectivity index (χ0n) is 20.5. The fraction of sp³-hybridized carbons (Fsp3) is 0.407. The van der Waals surface area contributed by atoms with Crippen molar-refractivity contribution in [2.24, 2.45) is 0 Å². The molecule has 2 saturated heterocycles. The molecule has 8 nitrogen and oxygen atoms in total. The highest BCUT2D eigenvalue weighted by atomic mass is 16.5. The maximum atomic E-state index is 6.33. The van der Waals surface area contributed by atoms with Crippen molar-refractivity contribution in [3.8, 4) is 17.0 Å². The van der Waals surface area contributed by atoms with Crippen LogP contribution in [0.15, 0.2) is 42.7 Å². The predicted octanol–water partition coefficient (Wildman–Crippen LogP) is 4.46. The monoisotopic (exact) mass is 469 g/mol. The van der Waals surface area contributed by atoms with Crippen LogP contribution in [0.25, 0.3) is 22.2 Å². The lowest BCUT2D eigenvalue weighted by Crippen LogP contribution is -2.50. The molecule has 2 aliphatic heterocycles. The molecule has 1 aromatic carbocycles. The Morgan fingerprint density at radius 3 is 2.83 bits per heavy atom. The van der Waals surface area contributed by atoms with Gasteiger partial charge in [0.25, 0.3) is 0 Å². The molecule has 8 heteroatoms. The molecule has 4 aromatic rings. The van der Waals surface area contributed by atoms with Crippen molar-refractivity contribution in [3.63, 3.8) is 0 Å². The summed E-state index contributed by atoms with van der Waals surface area (Å²) >= 11 is 0. The third-order valence-corrected chi connectivity index (χ3v) is 7.46. The number of aryl methyl sites for hydroxylation is 2. The van der Waals surface area contributed by atoms with Crippen LogP contribution in [0.2, 0.25) is 0 Å². The Balaban J connectivity index is 1.23. The maximum Gasteiger partial charge on any atom is 0.128 e. The average Bonchev–Trinajstić information content (AvgIpc) is 3.50. The molecule has 1 N–H and O–H groups in total. The number of anilines is 1. The van der Waals surface area contributed by atoms with Crippen molar-refractivity contribution < 1.29 is 4.74 Å². The van der Waals surface area contributed by atoms with Crippen LogP contribution in [0.3, 0.4) is 0 Å². The van der Waals surface area contributed by atoms with E-state index >= 15 is 0 Å². The second-order valence-corrected chi connectivity index (χ2v) is 9.75. The maximum absolute atomic E-state index is 6.33. The lowest BCUT2D eigenvalue weighted by molar-refractivity contribution is 0.225. The number of hydrogen-bond acceptors (Lipinski definition) is 7. The molecule has 2 atom stereocenters. The predicted molar refractivity (Wildman–Crippen MR) is 137 cm³/mol. The molecule has 35 heavy (non-hydrogen) atoms. The molecule has 0 bridgehead atoms. The lowest BCUT2D eigenvalue weighted by Gasteiger charge is -2.38. The third-order valence-electron chi connectivity index (χ3n) is 7.46. The van der Waals surface area contributed by atoms with E-state index in [0.717, 1.165) is 70.2 Å². The van der Waals surface area contributed by atoms with Gasteiger partial charge in [0.1, 0.15) is 23.4 Å². The van der Waals surface area contributed by atoms with E-state index in [2.05, 4.69) is 48.4 Å².